The molecule has 0 N–H and O–H groups in total. The van der Waals surface area contributed by atoms with Crippen molar-refractivity contribution in [2.45, 2.75) is 0 Å². The van der Waals surface area contributed by atoms with Gasteiger partial charge < -0.3 is 4.42 Å². The molecule has 0 aliphatic heterocycles. The van der Waals surface area contributed by atoms with E-state index in [1.165, 1.54) is 34.2 Å². The number of aromatic nitrogens is 3. The van der Waals surface area contributed by atoms with Crippen LogP contribution in [0.25, 0.3) is 22.6 Å². The number of fused-ring (bicyclic) bond motifs is 1. The summed E-state index contributed by atoms with van der Waals surface area (Å²) in [6.07, 6.45) is 3.21. The van der Waals surface area contributed by atoms with E-state index in [1.807, 2.05) is 0 Å². The Morgan fingerprint density at radius 1 is 1.23 bits per heavy atom. The maximum Gasteiger partial charge on any atom is 0.291 e. The zero-order valence-electron chi connectivity index (χ0n) is 11.1. The molecule has 0 atom stereocenters. The number of nitrogens with zero attached hydrogens (tertiary/aromatic N) is 3. The molecule has 0 saturated carbocycles. The van der Waals surface area contributed by atoms with Gasteiger partial charge >= 0.3 is 0 Å². The van der Waals surface area contributed by atoms with E-state index in [9.17, 15) is 9.18 Å². The summed E-state index contributed by atoms with van der Waals surface area (Å²) in [5.41, 5.74) is 0.490. The lowest BCUT2D eigenvalue weighted by atomic mass is 10.2. The molecule has 7 heteroatoms. The summed E-state index contributed by atoms with van der Waals surface area (Å²) in [5.74, 6) is 0.575. The Labute approximate surface area is 127 Å². The molecule has 3 aromatic heterocycles. The third kappa shape index (κ3) is 2.11. The van der Waals surface area contributed by atoms with Crippen molar-refractivity contribution in [3.8, 4) is 11.6 Å². The molecule has 5 nitrogen and oxygen atoms in total. The molecule has 108 valence electrons. The molecule has 4 rings (SSSR count). The fraction of sp³-hybridized carbons (Fsp3) is 0. The molecule has 0 aliphatic carbocycles. The largest absolute Gasteiger partial charge is 0.461 e. The number of benzene rings is 1. The van der Waals surface area contributed by atoms with E-state index in [0.29, 0.717) is 21.1 Å². The Morgan fingerprint density at radius 3 is 2.73 bits per heavy atom. The molecule has 0 radical (unpaired) electrons. The monoisotopic (exact) mass is 313 g/mol. The van der Waals surface area contributed by atoms with Gasteiger partial charge in [0.25, 0.3) is 5.56 Å². The van der Waals surface area contributed by atoms with E-state index in [0.717, 1.165) is 5.56 Å². The van der Waals surface area contributed by atoms with Crippen molar-refractivity contribution >= 4 is 22.4 Å². The van der Waals surface area contributed by atoms with Gasteiger partial charge in [0.05, 0.1) is 10.8 Å². The van der Waals surface area contributed by atoms with E-state index in [-0.39, 0.29) is 11.4 Å². The van der Waals surface area contributed by atoms with Crippen molar-refractivity contribution < 1.29 is 8.81 Å². The number of hydrogen-bond acceptors (Lipinski definition) is 5. The molecule has 3 heterocycles. The standard InChI is InChI=1S/C15H8FN3O2S/c16-10-5-3-9(4-6-10)8-12-14(20)19-15(22-12)17-13(18-19)11-2-1-7-21-11/h1-8H/b12-8+. The lowest BCUT2D eigenvalue weighted by molar-refractivity contribution is 0.577. The molecule has 0 unspecified atom stereocenters. The lowest BCUT2D eigenvalue weighted by Gasteiger charge is -1.90. The van der Waals surface area contributed by atoms with Gasteiger partial charge in [-0.05, 0) is 35.9 Å². The van der Waals surface area contributed by atoms with Crippen LogP contribution in [0.2, 0.25) is 0 Å². The average molecular weight is 313 g/mol. The molecule has 22 heavy (non-hydrogen) atoms. The zero-order chi connectivity index (χ0) is 15.1. The quantitative estimate of drug-likeness (QED) is 0.568. The summed E-state index contributed by atoms with van der Waals surface area (Å²) >= 11 is 1.23. The SMILES string of the molecule is O=c1/c(=C\c2ccc(F)cc2)sc2nc(-c3ccco3)nn12. The Balaban J connectivity index is 1.84. The number of halogens is 1. The average Bonchev–Trinajstić information content (AvgIpc) is 3.20. The summed E-state index contributed by atoms with van der Waals surface area (Å²) in [6, 6.07) is 9.38. The van der Waals surface area contributed by atoms with Gasteiger partial charge in [0.1, 0.15) is 5.82 Å². The molecular weight excluding hydrogens is 305 g/mol. The van der Waals surface area contributed by atoms with Gasteiger partial charge in [-0.3, -0.25) is 4.79 Å². The topological polar surface area (TPSA) is 60.4 Å². The maximum atomic E-state index is 12.9. The van der Waals surface area contributed by atoms with E-state index in [2.05, 4.69) is 10.1 Å². The van der Waals surface area contributed by atoms with Gasteiger partial charge in [-0.15, -0.1) is 5.10 Å². The molecular formula is C15H8FN3O2S. The number of thiazole rings is 1. The van der Waals surface area contributed by atoms with Crippen LogP contribution in [0.15, 0.2) is 51.9 Å². The molecule has 0 spiro atoms. The second kappa shape index (κ2) is 4.88. The predicted octanol–water partition coefficient (Wildman–Crippen LogP) is 2.10. The van der Waals surface area contributed by atoms with Crippen molar-refractivity contribution in [1.82, 2.24) is 14.6 Å². The summed E-state index contributed by atoms with van der Waals surface area (Å²) in [5, 5.41) is 4.16. The van der Waals surface area contributed by atoms with Crippen molar-refractivity contribution in [2.75, 3.05) is 0 Å². The molecule has 0 amide bonds. The second-order valence-corrected chi connectivity index (χ2v) is 5.58. The van der Waals surface area contributed by atoms with Gasteiger partial charge in [0.2, 0.25) is 10.8 Å². The Bertz CT molecular complexity index is 1050. The Morgan fingerprint density at radius 2 is 2.05 bits per heavy atom. The van der Waals surface area contributed by atoms with Gasteiger partial charge in [0.15, 0.2) is 5.76 Å². The minimum Gasteiger partial charge on any atom is -0.461 e. The Hall–Kier alpha value is -2.80. The van der Waals surface area contributed by atoms with Crippen LogP contribution in [0.3, 0.4) is 0 Å². The van der Waals surface area contributed by atoms with Crippen LogP contribution in [-0.2, 0) is 0 Å². The third-order valence-corrected chi connectivity index (χ3v) is 4.05. The molecule has 0 fully saturated rings. The van der Waals surface area contributed by atoms with E-state index in [4.69, 9.17) is 4.42 Å². The smallest absolute Gasteiger partial charge is 0.291 e. The van der Waals surface area contributed by atoms with E-state index >= 15 is 0 Å². The van der Waals surface area contributed by atoms with Crippen LogP contribution in [-0.4, -0.2) is 14.6 Å². The summed E-state index contributed by atoms with van der Waals surface area (Å²) in [4.78, 5) is 17.1. The molecule has 4 aromatic rings. The number of rotatable bonds is 2. The highest BCUT2D eigenvalue weighted by Crippen LogP contribution is 2.16. The first-order valence-electron chi connectivity index (χ1n) is 6.41. The first kappa shape index (κ1) is 12.9. The minimum atomic E-state index is -0.315. The summed E-state index contributed by atoms with van der Waals surface area (Å²) in [7, 11) is 0. The lowest BCUT2D eigenvalue weighted by Crippen LogP contribution is -2.23. The van der Waals surface area contributed by atoms with Crippen molar-refractivity contribution in [3.63, 3.8) is 0 Å². The van der Waals surface area contributed by atoms with Crippen LogP contribution in [0, 0.1) is 5.82 Å². The van der Waals surface area contributed by atoms with Crippen LogP contribution in [0.4, 0.5) is 4.39 Å². The molecule has 1 aromatic carbocycles. The minimum absolute atomic E-state index is 0.255. The van der Waals surface area contributed by atoms with Gasteiger partial charge in [-0.25, -0.2) is 4.39 Å². The summed E-state index contributed by atoms with van der Waals surface area (Å²) in [6.45, 7) is 0. The first-order valence-corrected chi connectivity index (χ1v) is 7.23. The third-order valence-electron chi connectivity index (χ3n) is 3.09. The maximum absolute atomic E-state index is 12.9. The summed E-state index contributed by atoms with van der Waals surface area (Å²) < 4.78 is 19.9. The van der Waals surface area contributed by atoms with Crippen LogP contribution < -0.4 is 10.1 Å². The fourth-order valence-corrected chi connectivity index (χ4v) is 2.96. The molecule has 0 saturated heterocycles. The Kier molecular flexibility index (Phi) is 2.87. The highest BCUT2D eigenvalue weighted by Gasteiger charge is 2.13. The van der Waals surface area contributed by atoms with Crippen LogP contribution in [0.5, 0.6) is 0 Å². The number of hydrogen-bond donors (Lipinski definition) is 0. The van der Waals surface area contributed by atoms with Crippen molar-refractivity contribution in [1.29, 1.82) is 0 Å². The van der Waals surface area contributed by atoms with Crippen LogP contribution in [0.1, 0.15) is 5.56 Å². The predicted molar refractivity (Wildman–Crippen MR) is 80.0 cm³/mol. The highest BCUT2D eigenvalue weighted by molar-refractivity contribution is 7.15. The zero-order valence-corrected chi connectivity index (χ0v) is 11.9. The van der Waals surface area contributed by atoms with Gasteiger partial charge in [-0.1, -0.05) is 23.5 Å². The van der Waals surface area contributed by atoms with E-state index < -0.39 is 0 Å². The number of furan rings is 1. The van der Waals surface area contributed by atoms with Crippen LogP contribution >= 0.6 is 11.3 Å². The highest BCUT2D eigenvalue weighted by atomic mass is 32.1. The second-order valence-electron chi connectivity index (χ2n) is 4.57. The normalized spacial score (nSPS) is 12.3. The molecule has 0 aliphatic rings. The van der Waals surface area contributed by atoms with Gasteiger partial charge in [0, 0.05) is 0 Å². The fourth-order valence-electron chi connectivity index (χ4n) is 2.05. The van der Waals surface area contributed by atoms with Crippen molar-refractivity contribution in [2.24, 2.45) is 0 Å². The van der Waals surface area contributed by atoms with Crippen molar-refractivity contribution in [3.05, 3.63) is 68.9 Å². The van der Waals surface area contributed by atoms with Gasteiger partial charge in [-0.2, -0.15) is 9.50 Å². The van der Waals surface area contributed by atoms with E-state index in [1.54, 1.807) is 30.3 Å². The molecule has 0 bridgehead atoms. The first-order chi connectivity index (χ1) is 10.7.